The minimum absolute atomic E-state index is 0.262. The van der Waals surface area contributed by atoms with Crippen LogP contribution in [0.25, 0.3) is 0 Å². The fourth-order valence-electron chi connectivity index (χ4n) is 4.86. The average molecular weight is 270 g/mol. The summed E-state index contributed by atoms with van der Waals surface area (Å²) in [7, 11) is 1.94. The summed E-state index contributed by atoms with van der Waals surface area (Å²) in [6, 6.07) is 8.16. The van der Waals surface area contributed by atoms with Gasteiger partial charge >= 0.3 is 0 Å². The molecule has 0 aromatic heterocycles. The number of fused-ring (bicyclic) bond motifs is 5. The molecular weight excluding hydrogens is 248 g/mol. The van der Waals surface area contributed by atoms with Crippen LogP contribution in [0, 0.1) is 29.6 Å². The molecule has 1 aromatic rings. The summed E-state index contributed by atoms with van der Waals surface area (Å²) in [4.78, 5) is 12.4. The highest BCUT2D eigenvalue weighted by Crippen LogP contribution is 2.69. The largest absolute Gasteiger partial charge is 0.326 e. The molecule has 0 saturated heterocycles. The van der Waals surface area contributed by atoms with E-state index in [0.717, 1.165) is 24.1 Å². The third-order valence-electron chi connectivity index (χ3n) is 5.61. The van der Waals surface area contributed by atoms with Crippen LogP contribution in [0.1, 0.15) is 24.8 Å². The highest BCUT2D eigenvalue weighted by Gasteiger charge is 2.67. The van der Waals surface area contributed by atoms with Gasteiger partial charge in [0.1, 0.15) is 0 Å². The van der Waals surface area contributed by atoms with Crippen LogP contribution in [0.2, 0.25) is 0 Å². The lowest BCUT2D eigenvalue weighted by Gasteiger charge is -2.10. The molecule has 106 valence electrons. The number of carbonyl (C=O) groups excluding carboxylic acids is 1. The molecule has 3 heteroatoms. The normalized spacial score (nSPS) is 36.8. The van der Waals surface area contributed by atoms with Crippen molar-refractivity contribution in [3.8, 4) is 0 Å². The second-order valence-corrected chi connectivity index (χ2v) is 6.73. The quantitative estimate of drug-likeness (QED) is 0.883. The standard InChI is InChI=1S/C17H22N2O/c1-18-9-10-3-2-4-13(7-10)19-17(20)16-14-11-5-6-12(8-11)15(14)16/h2-4,7,11-12,14-16,18H,5-6,8-9H2,1H3,(H,19,20). The minimum Gasteiger partial charge on any atom is -0.326 e. The van der Waals surface area contributed by atoms with Gasteiger partial charge in [-0.1, -0.05) is 12.1 Å². The van der Waals surface area contributed by atoms with E-state index < -0.39 is 0 Å². The Morgan fingerprint density at radius 2 is 2.00 bits per heavy atom. The van der Waals surface area contributed by atoms with Gasteiger partial charge < -0.3 is 10.6 Å². The van der Waals surface area contributed by atoms with Crippen LogP contribution in [0.4, 0.5) is 5.69 Å². The summed E-state index contributed by atoms with van der Waals surface area (Å²) >= 11 is 0. The zero-order valence-electron chi connectivity index (χ0n) is 11.9. The fourth-order valence-corrected chi connectivity index (χ4v) is 4.86. The Kier molecular flexibility index (Phi) is 2.84. The second kappa shape index (κ2) is 4.59. The maximum absolute atomic E-state index is 12.4. The van der Waals surface area contributed by atoms with Gasteiger partial charge in [0.15, 0.2) is 0 Å². The maximum atomic E-state index is 12.4. The lowest BCUT2D eigenvalue weighted by molar-refractivity contribution is -0.118. The summed E-state index contributed by atoms with van der Waals surface area (Å²) in [5, 5.41) is 6.27. The fraction of sp³-hybridized carbons (Fsp3) is 0.588. The minimum atomic E-state index is 0.262. The topological polar surface area (TPSA) is 41.1 Å². The molecule has 0 aliphatic heterocycles. The Morgan fingerprint density at radius 1 is 1.25 bits per heavy atom. The van der Waals surface area contributed by atoms with E-state index in [2.05, 4.69) is 22.8 Å². The van der Waals surface area contributed by atoms with Crippen molar-refractivity contribution >= 4 is 11.6 Å². The molecule has 1 aromatic carbocycles. The first-order valence-corrected chi connectivity index (χ1v) is 7.82. The van der Waals surface area contributed by atoms with Crippen LogP contribution in [-0.2, 0) is 11.3 Å². The first-order valence-electron chi connectivity index (χ1n) is 7.82. The highest BCUT2D eigenvalue weighted by molar-refractivity contribution is 5.95. The summed E-state index contributed by atoms with van der Waals surface area (Å²) in [5.74, 6) is 3.73. The second-order valence-electron chi connectivity index (χ2n) is 6.73. The van der Waals surface area contributed by atoms with Gasteiger partial charge in [0.2, 0.25) is 5.91 Å². The lowest BCUT2D eigenvalue weighted by Crippen LogP contribution is -2.18. The molecule has 0 spiro atoms. The molecule has 4 unspecified atom stereocenters. The highest BCUT2D eigenvalue weighted by atomic mass is 16.2. The first-order chi connectivity index (χ1) is 9.78. The molecule has 0 radical (unpaired) electrons. The van der Waals surface area contributed by atoms with Gasteiger partial charge in [-0.05, 0) is 67.7 Å². The van der Waals surface area contributed by atoms with Crippen molar-refractivity contribution in [1.82, 2.24) is 5.32 Å². The number of anilines is 1. The Bertz CT molecular complexity index is 526. The van der Waals surface area contributed by atoms with Crippen molar-refractivity contribution in [3.05, 3.63) is 29.8 Å². The third kappa shape index (κ3) is 1.87. The lowest BCUT2D eigenvalue weighted by atomic mass is 10.0. The number of hydrogen-bond acceptors (Lipinski definition) is 2. The maximum Gasteiger partial charge on any atom is 0.228 e. The first kappa shape index (κ1) is 12.4. The molecule has 3 fully saturated rings. The van der Waals surface area contributed by atoms with E-state index in [0.29, 0.717) is 17.8 Å². The number of hydrogen-bond donors (Lipinski definition) is 2. The van der Waals surface area contributed by atoms with E-state index in [1.807, 2.05) is 19.2 Å². The Morgan fingerprint density at radius 3 is 2.70 bits per heavy atom. The van der Waals surface area contributed by atoms with Crippen LogP contribution in [0.3, 0.4) is 0 Å². The van der Waals surface area contributed by atoms with Crippen molar-refractivity contribution in [2.45, 2.75) is 25.8 Å². The van der Waals surface area contributed by atoms with Gasteiger partial charge in [0, 0.05) is 18.2 Å². The molecule has 3 aliphatic rings. The van der Waals surface area contributed by atoms with Crippen LogP contribution in [-0.4, -0.2) is 13.0 Å². The number of benzene rings is 1. The Balaban J connectivity index is 1.42. The molecule has 0 heterocycles. The van der Waals surface area contributed by atoms with E-state index in [9.17, 15) is 4.79 Å². The molecule has 3 saturated carbocycles. The van der Waals surface area contributed by atoms with Crippen molar-refractivity contribution < 1.29 is 4.79 Å². The van der Waals surface area contributed by atoms with E-state index in [4.69, 9.17) is 0 Å². The van der Waals surface area contributed by atoms with Gasteiger partial charge in [-0.15, -0.1) is 0 Å². The van der Waals surface area contributed by atoms with E-state index in [-0.39, 0.29) is 5.91 Å². The summed E-state index contributed by atoms with van der Waals surface area (Å²) in [6.07, 6.45) is 4.14. The van der Waals surface area contributed by atoms with E-state index >= 15 is 0 Å². The number of carbonyl (C=O) groups is 1. The smallest absolute Gasteiger partial charge is 0.228 e. The number of amides is 1. The van der Waals surface area contributed by atoms with E-state index in [1.54, 1.807) is 0 Å². The van der Waals surface area contributed by atoms with Crippen molar-refractivity contribution in [2.24, 2.45) is 29.6 Å². The Hall–Kier alpha value is -1.35. The van der Waals surface area contributed by atoms with Gasteiger partial charge in [0.25, 0.3) is 0 Å². The Labute approximate surface area is 120 Å². The van der Waals surface area contributed by atoms with Crippen LogP contribution in [0.5, 0.6) is 0 Å². The van der Waals surface area contributed by atoms with Crippen molar-refractivity contribution in [3.63, 3.8) is 0 Å². The van der Waals surface area contributed by atoms with Gasteiger partial charge in [-0.25, -0.2) is 0 Å². The van der Waals surface area contributed by atoms with Crippen molar-refractivity contribution in [1.29, 1.82) is 0 Å². The molecule has 1 amide bonds. The summed E-state index contributed by atoms with van der Waals surface area (Å²) < 4.78 is 0. The third-order valence-corrected chi connectivity index (χ3v) is 5.61. The van der Waals surface area contributed by atoms with E-state index in [1.165, 1.54) is 24.8 Å². The van der Waals surface area contributed by atoms with Gasteiger partial charge in [-0.3, -0.25) is 4.79 Å². The molecular formula is C17H22N2O. The van der Waals surface area contributed by atoms with Crippen molar-refractivity contribution in [2.75, 3.05) is 12.4 Å². The number of rotatable bonds is 4. The molecule has 4 atom stereocenters. The monoisotopic (exact) mass is 270 g/mol. The van der Waals surface area contributed by atoms with Gasteiger partial charge in [-0.2, -0.15) is 0 Å². The molecule has 3 nitrogen and oxygen atoms in total. The zero-order chi connectivity index (χ0) is 13.7. The van der Waals surface area contributed by atoms with Crippen LogP contribution >= 0.6 is 0 Å². The van der Waals surface area contributed by atoms with Gasteiger partial charge in [0.05, 0.1) is 0 Å². The van der Waals surface area contributed by atoms with Crippen LogP contribution < -0.4 is 10.6 Å². The SMILES string of the molecule is CNCc1cccc(NC(=O)C2C3C4CCC(C4)C23)c1. The summed E-state index contributed by atoms with van der Waals surface area (Å²) in [5.41, 5.74) is 2.15. The molecule has 4 rings (SSSR count). The zero-order valence-corrected chi connectivity index (χ0v) is 11.9. The average Bonchev–Trinajstić information content (AvgIpc) is 2.89. The number of nitrogens with one attached hydrogen (secondary N) is 2. The van der Waals surface area contributed by atoms with Crippen LogP contribution in [0.15, 0.2) is 24.3 Å². The molecule has 2 N–H and O–H groups in total. The molecule has 20 heavy (non-hydrogen) atoms. The predicted molar refractivity (Wildman–Crippen MR) is 79.1 cm³/mol. The molecule has 2 bridgehead atoms. The predicted octanol–water partition coefficient (Wildman–Crippen LogP) is 2.64. The molecule has 3 aliphatic carbocycles. The summed E-state index contributed by atoms with van der Waals surface area (Å²) in [6.45, 7) is 0.836.